The van der Waals surface area contributed by atoms with E-state index < -0.39 is 0 Å². The standard InChI is InChI=1S/C15H13FO/c1-10-5-3-8-14(11(10)2)15(17)12-6-4-7-13(16)9-12/h3-9H,1-2H3. The summed E-state index contributed by atoms with van der Waals surface area (Å²) in [6, 6.07) is 11.4. The Bertz CT molecular complexity index is 573. The van der Waals surface area contributed by atoms with Gasteiger partial charge in [-0.3, -0.25) is 4.79 Å². The maximum atomic E-state index is 13.1. The van der Waals surface area contributed by atoms with Crippen LogP contribution in [-0.4, -0.2) is 5.78 Å². The largest absolute Gasteiger partial charge is 0.289 e. The van der Waals surface area contributed by atoms with Crippen molar-refractivity contribution in [2.45, 2.75) is 13.8 Å². The minimum absolute atomic E-state index is 0.134. The zero-order valence-corrected chi connectivity index (χ0v) is 9.83. The molecule has 0 aliphatic carbocycles. The summed E-state index contributed by atoms with van der Waals surface area (Å²) in [4.78, 5) is 12.2. The van der Waals surface area contributed by atoms with Crippen molar-refractivity contribution < 1.29 is 9.18 Å². The first-order valence-electron chi connectivity index (χ1n) is 5.46. The van der Waals surface area contributed by atoms with E-state index in [-0.39, 0.29) is 11.6 Å². The molecule has 2 aromatic rings. The molecule has 0 heterocycles. The minimum atomic E-state index is -0.388. The third-order valence-electron chi connectivity index (χ3n) is 2.94. The van der Waals surface area contributed by atoms with E-state index >= 15 is 0 Å². The van der Waals surface area contributed by atoms with E-state index in [1.165, 1.54) is 12.1 Å². The lowest BCUT2D eigenvalue weighted by molar-refractivity contribution is 0.103. The summed E-state index contributed by atoms with van der Waals surface area (Å²) in [6.45, 7) is 3.86. The van der Waals surface area contributed by atoms with Crippen LogP contribution in [0.25, 0.3) is 0 Å². The number of carbonyl (C=O) groups excluding carboxylic acids is 1. The molecule has 1 nitrogen and oxygen atoms in total. The first kappa shape index (κ1) is 11.5. The Morgan fingerprint density at radius 1 is 1.06 bits per heavy atom. The molecule has 0 aromatic heterocycles. The summed E-state index contributed by atoms with van der Waals surface area (Å²) < 4.78 is 13.1. The lowest BCUT2D eigenvalue weighted by atomic mass is 9.96. The Labute approximate surface area is 99.9 Å². The number of benzene rings is 2. The highest BCUT2D eigenvalue weighted by molar-refractivity contribution is 6.10. The molecule has 0 bridgehead atoms. The molecule has 0 fully saturated rings. The SMILES string of the molecule is Cc1cccc(C(=O)c2cccc(F)c2)c1C. The topological polar surface area (TPSA) is 17.1 Å². The summed E-state index contributed by atoms with van der Waals surface area (Å²) >= 11 is 0. The number of ketones is 1. The van der Waals surface area contributed by atoms with Crippen molar-refractivity contribution in [1.82, 2.24) is 0 Å². The molecular formula is C15H13FO. The number of hydrogen-bond acceptors (Lipinski definition) is 1. The van der Waals surface area contributed by atoms with Crippen molar-refractivity contribution >= 4 is 5.78 Å². The van der Waals surface area contributed by atoms with Gasteiger partial charge >= 0.3 is 0 Å². The smallest absolute Gasteiger partial charge is 0.193 e. The van der Waals surface area contributed by atoms with Crippen LogP contribution in [0.2, 0.25) is 0 Å². The molecule has 2 aromatic carbocycles. The van der Waals surface area contributed by atoms with Gasteiger partial charge in [0.25, 0.3) is 0 Å². The van der Waals surface area contributed by atoms with Crippen LogP contribution in [0.5, 0.6) is 0 Å². The Kier molecular flexibility index (Phi) is 3.05. The molecule has 2 heteroatoms. The number of aryl methyl sites for hydroxylation is 1. The zero-order valence-electron chi connectivity index (χ0n) is 9.83. The van der Waals surface area contributed by atoms with Crippen molar-refractivity contribution in [3.8, 4) is 0 Å². The number of halogens is 1. The van der Waals surface area contributed by atoms with Gasteiger partial charge in [0.15, 0.2) is 5.78 Å². The van der Waals surface area contributed by atoms with Crippen LogP contribution in [0.3, 0.4) is 0 Å². The predicted molar refractivity (Wildman–Crippen MR) is 65.7 cm³/mol. The predicted octanol–water partition coefficient (Wildman–Crippen LogP) is 3.67. The summed E-state index contributed by atoms with van der Waals surface area (Å²) in [5.74, 6) is -0.521. The Hall–Kier alpha value is -1.96. The third kappa shape index (κ3) is 2.26. The molecule has 0 saturated heterocycles. The van der Waals surface area contributed by atoms with Crippen molar-refractivity contribution in [2.75, 3.05) is 0 Å². The van der Waals surface area contributed by atoms with Gasteiger partial charge in [0.2, 0.25) is 0 Å². The molecule has 0 unspecified atom stereocenters. The van der Waals surface area contributed by atoms with E-state index in [0.717, 1.165) is 11.1 Å². The minimum Gasteiger partial charge on any atom is -0.289 e. The molecule has 0 amide bonds. The van der Waals surface area contributed by atoms with Crippen LogP contribution in [0.15, 0.2) is 42.5 Å². The third-order valence-corrected chi connectivity index (χ3v) is 2.94. The van der Waals surface area contributed by atoms with Gasteiger partial charge in [-0.2, -0.15) is 0 Å². The molecule has 2 rings (SSSR count). The van der Waals surface area contributed by atoms with Crippen LogP contribution in [0.4, 0.5) is 4.39 Å². The van der Waals surface area contributed by atoms with E-state index in [4.69, 9.17) is 0 Å². The second kappa shape index (κ2) is 4.50. The van der Waals surface area contributed by atoms with E-state index in [0.29, 0.717) is 11.1 Å². The fourth-order valence-electron chi connectivity index (χ4n) is 1.78. The van der Waals surface area contributed by atoms with Gasteiger partial charge in [0, 0.05) is 11.1 Å². The lowest BCUT2D eigenvalue weighted by Gasteiger charge is -2.07. The summed E-state index contributed by atoms with van der Waals surface area (Å²) in [5, 5.41) is 0. The Morgan fingerprint density at radius 3 is 2.47 bits per heavy atom. The first-order chi connectivity index (χ1) is 8.09. The van der Waals surface area contributed by atoms with Gasteiger partial charge in [-0.05, 0) is 37.1 Å². The van der Waals surface area contributed by atoms with Crippen molar-refractivity contribution in [3.05, 3.63) is 70.5 Å². The molecule has 86 valence electrons. The molecule has 0 aliphatic heterocycles. The number of hydrogen-bond donors (Lipinski definition) is 0. The van der Waals surface area contributed by atoms with Gasteiger partial charge < -0.3 is 0 Å². The molecule has 0 atom stereocenters. The van der Waals surface area contributed by atoms with Crippen molar-refractivity contribution in [1.29, 1.82) is 0 Å². The van der Waals surface area contributed by atoms with Crippen molar-refractivity contribution in [3.63, 3.8) is 0 Å². The average Bonchev–Trinajstić information content (AvgIpc) is 2.32. The lowest BCUT2D eigenvalue weighted by Crippen LogP contribution is -2.04. The van der Waals surface area contributed by atoms with E-state index in [1.54, 1.807) is 18.2 Å². The van der Waals surface area contributed by atoms with E-state index in [9.17, 15) is 9.18 Å². The maximum Gasteiger partial charge on any atom is 0.193 e. The quantitative estimate of drug-likeness (QED) is 0.717. The van der Waals surface area contributed by atoms with Crippen LogP contribution in [0.1, 0.15) is 27.0 Å². The fourth-order valence-corrected chi connectivity index (χ4v) is 1.78. The van der Waals surface area contributed by atoms with Gasteiger partial charge in [-0.1, -0.05) is 30.3 Å². The highest BCUT2D eigenvalue weighted by Crippen LogP contribution is 2.17. The molecule has 0 N–H and O–H groups in total. The molecular weight excluding hydrogens is 215 g/mol. The fraction of sp³-hybridized carbons (Fsp3) is 0.133. The zero-order chi connectivity index (χ0) is 12.4. The summed E-state index contributed by atoms with van der Waals surface area (Å²) in [7, 11) is 0. The second-order valence-corrected chi connectivity index (χ2v) is 4.09. The maximum absolute atomic E-state index is 13.1. The molecule has 0 spiro atoms. The number of carbonyl (C=O) groups is 1. The summed E-state index contributed by atoms with van der Waals surface area (Å²) in [6.07, 6.45) is 0. The van der Waals surface area contributed by atoms with Crippen LogP contribution in [0, 0.1) is 19.7 Å². The first-order valence-corrected chi connectivity index (χ1v) is 5.46. The van der Waals surface area contributed by atoms with Gasteiger partial charge in [-0.15, -0.1) is 0 Å². The highest BCUT2D eigenvalue weighted by atomic mass is 19.1. The van der Waals surface area contributed by atoms with Gasteiger partial charge in [0.1, 0.15) is 5.82 Å². The van der Waals surface area contributed by atoms with Crippen LogP contribution < -0.4 is 0 Å². The van der Waals surface area contributed by atoms with Gasteiger partial charge in [-0.25, -0.2) is 4.39 Å². The normalized spacial score (nSPS) is 10.3. The number of rotatable bonds is 2. The average molecular weight is 228 g/mol. The summed E-state index contributed by atoms with van der Waals surface area (Å²) in [5.41, 5.74) is 3.03. The highest BCUT2D eigenvalue weighted by Gasteiger charge is 2.12. The van der Waals surface area contributed by atoms with Crippen LogP contribution >= 0.6 is 0 Å². The van der Waals surface area contributed by atoms with Crippen LogP contribution in [-0.2, 0) is 0 Å². The van der Waals surface area contributed by atoms with E-state index in [1.807, 2.05) is 26.0 Å². The molecule has 17 heavy (non-hydrogen) atoms. The monoisotopic (exact) mass is 228 g/mol. The van der Waals surface area contributed by atoms with Crippen molar-refractivity contribution in [2.24, 2.45) is 0 Å². The Morgan fingerprint density at radius 2 is 1.76 bits per heavy atom. The Balaban J connectivity index is 2.48. The molecule has 0 radical (unpaired) electrons. The van der Waals surface area contributed by atoms with Gasteiger partial charge in [0.05, 0.1) is 0 Å². The second-order valence-electron chi connectivity index (χ2n) is 4.09. The van der Waals surface area contributed by atoms with E-state index in [2.05, 4.69) is 0 Å². The molecule has 0 saturated carbocycles. The molecule has 0 aliphatic rings.